The van der Waals surface area contributed by atoms with Gasteiger partial charge in [0.2, 0.25) is 5.78 Å². The summed E-state index contributed by atoms with van der Waals surface area (Å²) >= 11 is 0.967. The smallest absolute Gasteiger partial charge is 0.316 e. The third kappa shape index (κ3) is 4.66. The molecule has 1 N–H and O–H groups in total. The van der Waals surface area contributed by atoms with E-state index in [1.165, 1.54) is 26.0 Å². The number of rotatable bonds is 8. The molecule has 0 amide bonds. The molecule has 0 aliphatic rings. The van der Waals surface area contributed by atoms with Crippen molar-refractivity contribution in [2.75, 3.05) is 5.75 Å². The van der Waals surface area contributed by atoms with E-state index >= 15 is 0 Å². The number of nitro benzene ring substituents is 1. The number of carbonyl (C=O) groups is 3. The molecule has 8 nitrogen and oxygen atoms in total. The number of ether oxygens (including phenoxy) is 1. The number of aromatic amines is 1. The number of thioether (sulfide) groups is 1. The topological polar surface area (TPSA) is 119 Å². The number of H-pyrrole nitrogens is 1. The number of carbonyl (C=O) groups excluding carboxylic acids is 3. The van der Waals surface area contributed by atoms with Crippen molar-refractivity contribution in [1.82, 2.24) is 4.98 Å². The predicted molar refractivity (Wildman–Crippen MR) is 104 cm³/mol. The van der Waals surface area contributed by atoms with Crippen LogP contribution in [0.25, 0.3) is 0 Å². The minimum absolute atomic E-state index is 0.0985. The molecule has 0 bridgehead atoms. The molecule has 1 atom stereocenters. The Morgan fingerprint density at radius 1 is 1.25 bits per heavy atom. The lowest BCUT2D eigenvalue weighted by atomic mass is 10.0. The lowest BCUT2D eigenvalue weighted by Gasteiger charge is -2.12. The van der Waals surface area contributed by atoms with Crippen molar-refractivity contribution in [1.29, 1.82) is 0 Å². The van der Waals surface area contributed by atoms with Crippen molar-refractivity contribution in [2.45, 2.75) is 38.7 Å². The highest BCUT2D eigenvalue weighted by Gasteiger charge is 2.26. The second-order valence-electron chi connectivity index (χ2n) is 6.19. The van der Waals surface area contributed by atoms with E-state index in [0.29, 0.717) is 21.7 Å². The van der Waals surface area contributed by atoms with Crippen LogP contribution in [0.4, 0.5) is 5.69 Å². The number of esters is 1. The number of aryl methyl sites for hydroxylation is 1. The number of nitrogens with zero attached hydrogens (tertiary/aromatic N) is 1. The molecule has 1 aromatic heterocycles. The number of ketones is 2. The summed E-state index contributed by atoms with van der Waals surface area (Å²) < 4.78 is 5.17. The summed E-state index contributed by atoms with van der Waals surface area (Å²) in [6.07, 6.45) is -1.06. The lowest BCUT2D eigenvalue weighted by Crippen LogP contribution is -2.26. The lowest BCUT2D eigenvalue weighted by molar-refractivity contribution is -0.387. The van der Waals surface area contributed by atoms with Gasteiger partial charge in [-0.1, -0.05) is 12.1 Å². The van der Waals surface area contributed by atoms with E-state index in [9.17, 15) is 24.5 Å². The molecule has 0 unspecified atom stereocenters. The van der Waals surface area contributed by atoms with Crippen LogP contribution in [-0.4, -0.2) is 39.3 Å². The third-order valence-electron chi connectivity index (χ3n) is 4.12. The van der Waals surface area contributed by atoms with Crippen molar-refractivity contribution in [3.8, 4) is 0 Å². The highest BCUT2D eigenvalue weighted by Crippen LogP contribution is 2.28. The van der Waals surface area contributed by atoms with Crippen molar-refractivity contribution >= 4 is 35.0 Å². The van der Waals surface area contributed by atoms with Gasteiger partial charge in [0, 0.05) is 17.3 Å². The number of hydrogen-bond acceptors (Lipinski definition) is 7. The van der Waals surface area contributed by atoms with E-state index in [1.54, 1.807) is 26.0 Å². The van der Waals surface area contributed by atoms with Crippen LogP contribution < -0.4 is 0 Å². The Morgan fingerprint density at radius 3 is 2.46 bits per heavy atom. The second-order valence-corrected chi connectivity index (χ2v) is 7.21. The number of nitrogens with one attached hydrogen (secondary N) is 1. The van der Waals surface area contributed by atoms with Crippen molar-refractivity contribution < 1.29 is 24.0 Å². The average Bonchev–Trinajstić information content (AvgIpc) is 2.93. The molecule has 148 valence electrons. The molecule has 0 saturated heterocycles. The van der Waals surface area contributed by atoms with E-state index in [1.807, 2.05) is 0 Å². The van der Waals surface area contributed by atoms with Crippen LogP contribution in [0.3, 0.4) is 0 Å². The monoisotopic (exact) mass is 404 g/mol. The van der Waals surface area contributed by atoms with Gasteiger partial charge >= 0.3 is 5.97 Å². The van der Waals surface area contributed by atoms with Gasteiger partial charge in [0.25, 0.3) is 5.69 Å². The Labute approximate surface area is 165 Å². The van der Waals surface area contributed by atoms with Crippen molar-refractivity contribution in [3.63, 3.8) is 0 Å². The highest BCUT2D eigenvalue weighted by atomic mass is 32.2. The fraction of sp³-hybridized carbons (Fsp3) is 0.316. The fourth-order valence-corrected chi connectivity index (χ4v) is 3.69. The summed E-state index contributed by atoms with van der Waals surface area (Å²) in [4.78, 5) is 50.1. The Morgan fingerprint density at radius 2 is 1.89 bits per heavy atom. The summed E-state index contributed by atoms with van der Waals surface area (Å²) in [5.74, 6) is -1.45. The Balaban J connectivity index is 2.03. The fourth-order valence-electron chi connectivity index (χ4n) is 2.88. The summed E-state index contributed by atoms with van der Waals surface area (Å²) in [6, 6.07) is 6.06. The van der Waals surface area contributed by atoms with Gasteiger partial charge < -0.3 is 9.72 Å². The van der Waals surface area contributed by atoms with Crippen molar-refractivity contribution in [3.05, 3.63) is 56.9 Å². The zero-order chi connectivity index (χ0) is 21.0. The predicted octanol–water partition coefficient (Wildman–Crippen LogP) is 3.65. The van der Waals surface area contributed by atoms with Crippen LogP contribution in [0, 0.1) is 24.0 Å². The molecule has 2 aromatic rings. The second kappa shape index (κ2) is 8.83. The van der Waals surface area contributed by atoms with Crippen LogP contribution in [0.1, 0.15) is 46.0 Å². The van der Waals surface area contributed by atoms with E-state index in [0.717, 1.165) is 11.8 Å². The SMILES string of the molecule is CC(=O)c1c(C)[nH]c(C(=O)[C@H](C)OC(=O)CSc2ccccc2[N+](=O)[O-])c1C. The van der Waals surface area contributed by atoms with Gasteiger partial charge in [-0.3, -0.25) is 24.5 Å². The number of para-hydroxylation sites is 1. The minimum Gasteiger partial charge on any atom is -0.454 e. The maximum atomic E-state index is 12.6. The highest BCUT2D eigenvalue weighted by molar-refractivity contribution is 8.00. The zero-order valence-electron chi connectivity index (χ0n) is 15.9. The van der Waals surface area contributed by atoms with E-state index in [4.69, 9.17) is 4.74 Å². The van der Waals surface area contributed by atoms with Crippen LogP contribution >= 0.6 is 11.8 Å². The molecular weight excluding hydrogens is 384 g/mol. The van der Waals surface area contributed by atoms with Crippen LogP contribution in [0.5, 0.6) is 0 Å². The Bertz CT molecular complexity index is 950. The minimum atomic E-state index is -1.06. The summed E-state index contributed by atoms with van der Waals surface area (Å²) in [7, 11) is 0. The molecule has 0 aliphatic heterocycles. The molecule has 0 radical (unpaired) electrons. The van der Waals surface area contributed by atoms with Gasteiger partial charge in [-0.2, -0.15) is 0 Å². The maximum Gasteiger partial charge on any atom is 0.316 e. The molecule has 1 aromatic carbocycles. The molecule has 0 saturated carbocycles. The Kier molecular flexibility index (Phi) is 6.74. The first-order valence-corrected chi connectivity index (χ1v) is 9.42. The molecule has 0 fully saturated rings. The number of benzene rings is 1. The maximum absolute atomic E-state index is 12.6. The molecule has 9 heteroatoms. The van der Waals surface area contributed by atoms with Crippen LogP contribution in [-0.2, 0) is 9.53 Å². The van der Waals surface area contributed by atoms with E-state index in [-0.39, 0.29) is 22.9 Å². The van der Waals surface area contributed by atoms with Gasteiger partial charge in [0.1, 0.15) is 0 Å². The van der Waals surface area contributed by atoms with Gasteiger partial charge in [0.05, 0.1) is 21.3 Å². The molecule has 0 spiro atoms. The van der Waals surface area contributed by atoms with Crippen LogP contribution in [0.2, 0.25) is 0 Å². The first kappa shape index (κ1) is 21.4. The molecule has 0 aliphatic carbocycles. The van der Waals surface area contributed by atoms with Gasteiger partial charge in [0.15, 0.2) is 11.9 Å². The first-order chi connectivity index (χ1) is 13.1. The van der Waals surface area contributed by atoms with Crippen LogP contribution in [0.15, 0.2) is 29.2 Å². The first-order valence-electron chi connectivity index (χ1n) is 8.43. The Hall–Kier alpha value is -2.94. The van der Waals surface area contributed by atoms with Gasteiger partial charge in [-0.25, -0.2) is 0 Å². The number of nitro groups is 1. The molecule has 28 heavy (non-hydrogen) atoms. The number of hydrogen-bond donors (Lipinski definition) is 1. The summed E-state index contributed by atoms with van der Waals surface area (Å²) in [5, 5.41) is 11.0. The zero-order valence-corrected chi connectivity index (χ0v) is 16.7. The number of Topliss-reactive ketones (excluding diaryl/α,β-unsaturated/α-hetero) is 2. The van der Waals surface area contributed by atoms with Gasteiger partial charge in [-0.15, -0.1) is 11.8 Å². The summed E-state index contributed by atoms with van der Waals surface area (Å²) in [5.41, 5.74) is 1.69. The molecule has 2 rings (SSSR count). The van der Waals surface area contributed by atoms with E-state index < -0.39 is 22.8 Å². The third-order valence-corrected chi connectivity index (χ3v) is 5.16. The molecular formula is C19H20N2O6S. The van der Waals surface area contributed by atoms with Gasteiger partial charge in [-0.05, 0) is 39.3 Å². The normalized spacial score (nSPS) is 11.7. The average molecular weight is 404 g/mol. The standard InChI is InChI=1S/C19H20N2O6S/c1-10-17(12(3)22)11(2)20-18(10)19(24)13(4)27-16(23)9-28-15-8-6-5-7-14(15)21(25)26/h5-8,13,20H,9H2,1-4H3/t13-/m0/s1. The number of aromatic nitrogens is 1. The summed E-state index contributed by atoms with van der Waals surface area (Å²) in [6.45, 7) is 6.22. The van der Waals surface area contributed by atoms with Crippen molar-refractivity contribution in [2.24, 2.45) is 0 Å². The largest absolute Gasteiger partial charge is 0.454 e. The quantitative estimate of drug-likeness (QED) is 0.234. The van der Waals surface area contributed by atoms with E-state index in [2.05, 4.69) is 4.98 Å². The molecule has 1 heterocycles.